The second-order valence-corrected chi connectivity index (χ2v) is 5.27. The van der Waals surface area contributed by atoms with Crippen molar-refractivity contribution in [2.24, 2.45) is 5.41 Å². The molecule has 1 amide bonds. The fraction of sp³-hybridized carbons (Fsp3) is 0.500. The third kappa shape index (κ3) is 2.92. The van der Waals surface area contributed by atoms with Crippen molar-refractivity contribution in [3.63, 3.8) is 0 Å². The van der Waals surface area contributed by atoms with Gasteiger partial charge in [-0.2, -0.15) is 0 Å². The lowest BCUT2D eigenvalue weighted by Gasteiger charge is -2.27. The first-order valence-corrected chi connectivity index (χ1v) is 6.44. The molecule has 2 rings (SSSR count). The number of hydrogen-bond donors (Lipinski definition) is 2. The quantitative estimate of drug-likeness (QED) is 0.859. The molecule has 19 heavy (non-hydrogen) atoms. The van der Waals surface area contributed by atoms with Gasteiger partial charge in [-0.3, -0.25) is 14.6 Å². The monoisotopic (exact) mass is 262 g/mol. The first kappa shape index (κ1) is 13.5. The maximum Gasteiger partial charge on any atom is 0.311 e. The summed E-state index contributed by atoms with van der Waals surface area (Å²) in [5.41, 5.74) is -0.0139. The summed E-state index contributed by atoms with van der Waals surface area (Å²) in [5.74, 6) is -0.982. The van der Waals surface area contributed by atoms with E-state index in [0.717, 1.165) is 18.4 Å². The molecule has 2 unspecified atom stereocenters. The van der Waals surface area contributed by atoms with Gasteiger partial charge in [0.05, 0.1) is 11.8 Å². The minimum absolute atomic E-state index is 0.146. The van der Waals surface area contributed by atoms with Crippen LogP contribution in [0.4, 0.5) is 0 Å². The predicted molar refractivity (Wildman–Crippen MR) is 69.5 cm³/mol. The van der Waals surface area contributed by atoms with Gasteiger partial charge in [0.2, 0.25) is 5.91 Å². The Morgan fingerprint density at radius 3 is 3.00 bits per heavy atom. The largest absolute Gasteiger partial charge is 0.481 e. The van der Waals surface area contributed by atoms with Crippen LogP contribution in [0.2, 0.25) is 0 Å². The minimum atomic E-state index is -0.843. The zero-order valence-corrected chi connectivity index (χ0v) is 10.9. The molecule has 5 nitrogen and oxygen atoms in total. The number of aliphatic carboxylic acids is 1. The summed E-state index contributed by atoms with van der Waals surface area (Å²) >= 11 is 0. The van der Waals surface area contributed by atoms with Gasteiger partial charge in [0.25, 0.3) is 0 Å². The molecular formula is C14H18N2O3. The summed E-state index contributed by atoms with van der Waals surface area (Å²) in [7, 11) is 0. The second-order valence-electron chi connectivity index (χ2n) is 5.27. The van der Waals surface area contributed by atoms with Crippen LogP contribution in [0.1, 0.15) is 31.7 Å². The molecule has 0 saturated heterocycles. The molecule has 1 saturated carbocycles. The van der Waals surface area contributed by atoms with E-state index in [1.54, 1.807) is 25.4 Å². The second kappa shape index (κ2) is 5.38. The summed E-state index contributed by atoms with van der Waals surface area (Å²) in [6.07, 6.45) is 5.70. The highest BCUT2D eigenvalue weighted by Crippen LogP contribution is 2.38. The molecule has 1 aliphatic carbocycles. The highest BCUT2D eigenvalue weighted by Gasteiger charge is 2.45. The van der Waals surface area contributed by atoms with E-state index in [1.165, 1.54) is 0 Å². The van der Waals surface area contributed by atoms with Crippen LogP contribution in [-0.4, -0.2) is 28.0 Å². The number of carbonyl (C=O) groups is 2. The number of rotatable bonds is 4. The molecule has 1 aliphatic rings. The van der Waals surface area contributed by atoms with Crippen LogP contribution in [0.15, 0.2) is 24.5 Å². The molecule has 1 fully saturated rings. The van der Waals surface area contributed by atoms with E-state index in [2.05, 4.69) is 10.3 Å². The summed E-state index contributed by atoms with van der Waals surface area (Å²) in [5, 5.41) is 12.1. The molecule has 0 spiro atoms. The van der Waals surface area contributed by atoms with Crippen LogP contribution in [0.5, 0.6) is 0 Å². The van der Waals surface area contributed by atoms with E-state index < -0.39 is 11.4 Å². The fourth-order valence-electron chi connectivity index (χ4n) is 2.59. The first-order valence-electron chi connectivity index (χ1n) is 6.44. The number of nitrogens with zero attached hydrogens (tertiary/aromatic N) is 1. The van der Waals surface area contributed by atoms with Gasteiger partial charge < -0.3 is 10.4 Å². The zero-order chi connectivity index (χ0) is 13.9. The highest BCUT2D eigenvalue weighted by molar-refractivity contribution is 5.81. The van der Waals surface area contributed by atoms with E-state index >= 15 is 0 Å². The molecule has 1 heterocycles. The molecule has 5 heteroatoms. The molecule has 2 atom stereocenters. The van der Waals surface area contributed by atoms with Gasteiger partial charge in [0.1, 0.15) is 0 Å². The van der Waals surface area contributed by atoms with Gasteiger partial charge in [0.15, 0.2) is 0 Å². The molecule has 1 aromatic rings. The van der Waals surface area contributed by atoms with E-state index in [4.69, 9.17) is 0 Å². The Balaban J connectivity index is 1.97. The summed E-state index contributed by atoms with van der Waals surface area (Å²) in [6, 6.07) is 3.33. The zero-order valence-electron chi connectivity index (χ0n) is 10.9. The van der Waals surface area contributed by atoms with Crippen molar-refractivity contribution in [1.82, 2.24) is 10.3 Å². The number of carboxylic acid groups (broad SMARTS) is 1. The van der Waals surface area contributed by atoms with E-state index in [0.29, 0.717) is 6.42 Å². The fourth-order valence-corrected chi connectivity index (χ4v) is 2.59. The number of amides is 1. The normalized spacial score (nSPS) is 26.1. The first-order chi connectivity index (χ1) is 9.02. The van der Waals surface area contributed by atoms with Gasteiger partial charge in [-0.15, -0.1) is 0 Å². The molecule has 0 aromatic carbocycles. The topological polar surface area (TPSA) is 79.3 Å². The van der Waals surface area contributed by atoms with E-state index in [-0.39, 0.29) is 18.4 Å². The van der Waals surface area contributed by atoms with Crippen molar-refractivity contribution in [2.75, 3.05) is 0 Å². The van der Waals surface area contributed by atoms with Gasteiger partial charge in [0, 0.05) is 18.4 Å². The van der Waals surface area contributed by atoms with E-state index in [1.807, 2.05) is 6.07 Å². The van der Waals surface area contributed by atoms with Crippen LogP contribution >= 0.6 is 0 Å². The Kier molecular flexibility index (Phi) is 3.83. The molecular weight excluding hydrogens is 244 g/mol. The van der Waals surface area contributed by atoms with Crippen molar-refractivity contribution < 1.29 is 14.7 Å². The van der Waals surface area contributed by atoms with Crippen molar-refractivity contribution in [3.8, 4) is 0 Å². The van der Waals surface area contributed by atoms with E-state index in [9.17, 15) is 14.7 Å². The number of aromatic nitrogens is 1. The highest BCUT2D eigenvalue weighted by atomic mass is 16.4. The molecule has 0 aliphatic heterocycles. The smallest absolute Gasteiger partial charge is 0.311 e. The van der Waals surface area contributed by atoms with Crippen molar-refractivity contribution in [3.05, 3.63) is 30.1 Å². The van der Waals surface area contributed by atoms with Crippen LogP contribution < -0.4 is 5.32 Å². The average Bonchev–Trinajstić information content (AvgIpc) is 2.73. The van der Waals surface area contributed by atoms with Crippen molar-refractivity contribution in [2.45, 2.75) is 38.6 Å². The van der Waals surface area contributed by atoms with Crippen molar-refractivity contribution >= 4 is 11.9 Å². The van der Waals surface area contributed by atoms with Gasteiger partial charge in [-0.05, 0) is 31.4 Å². The Morgan fingerprint density at radius 1 is 1.58 bits per heavy atom. The standard InChI is InChI=1S/C14H18N2O3/c1-14(13(18)19)6-2-5-11(14)16-12(17)8-10-4-3-7-15-9-10/h3-4,7,9,11H,2,5-6,8H2,1H3,(H,16,17)(H,18,19). The molecule has 0 bridgehead atoms. The predicted octanol–water partition coefficient (Wildman–Crippen LogP) is 1.38. The average molecular weight is 262 g/mol. The van der Waals surface area contributed by atoms with Crippen LogP contribution in [-0.2, 0) is 16.0 Å². The lowest BCUT2D eigenvalue weighted by atomic mass is 9.85. The van der Waals surface area contributed by atoms with Crippen LogP contribution in [0, 0.1) is 5.41 Å². The Labute approximate surface area is 112 Å². The van der Waals surface area contributed by atoms with Crippen LogP contribution in [0.3, 0.4) is 0 Å². The summed E-state index contributed by atoms with van der Waals surface area (Å²) < 4.78 is 0. The number of nitrogens with one attached hydrogen (secondary N) is 1. The van der Waals surface area contributed by atoms with Crippen molar-refractivity contribution in [1.29, 1.82) is 0 Å². The Bertz CT molecular complexity index is 475. The van der Waals surface area contributed by atoms with Gasteiger partial charge >= 0.3 is 5.97 Å². The maximum absolute atomic E-state index is 11.9. The van der Waals surface area contributed by atoms with Gasteiger partial charge in [-0.1, -0.05) is 12.5 Å². The summed E-state index contributed by atoms with van der Waals surface area (Å²) in [6.45, 7) is 1.71. The van der Waals surface area contributed by atoms with Gasteiger partial charge in [-0.25, -0.2) is 0 Å². The molecule has 2 N–H and O–H groups in total. The Hall–Kier alpha value is -1.91. The SMILES string of the molecule is CC1(C(=O)O)CCCC1NC(=O)Cc1cccnc1. The Morgan fingerprint density at radius 2 is 2.37 bits per heavy atom. The molecule has 0 radical (unpaired) electrons. The number of carboxylic acids is 1. The third-order valence-corrected chi connectivity index (χ3v) is 3.87. The third-order valence-electron chi connectivity index (χ3n) is 3.87. The maximum atomic E-state index is 11.9. The minimum Gasteiger partial charge on any atom is -0.481 e. The number of hydrogen-bond acceptors (Lipinski definition) is 3. The molecule has 102 valence electrons. The lowest BCUT2D eigenvalue weighted by Crippen LogP contribution is -2.47. The number of carbonyl (C=O) groups excluding carboxylic acids is 1. The lowest BCUT2D eigenvalue weighted by molar-refractivity contribution is -0.149. The molecule has 1 aromatic heterocycles. The van der Waals surface area contributed by atoms with Crippen LogP contribution in [0.25, 0.3) is 0 Å². The number of pyridine rings is 1. The summed E-state index contributed by atoms with van der Waals surface area (Å²) in [4.78, 5) is 27.2.